The Bertz CT molecular complexity index is 1100. The van der Waals surface area contributed by atoms with Crippen molar-refractivity contribution in [3.63, 3.8) is 0 Å². The predicted molar refractivity (Wildman–Crippen MR) is 112 cm³/mol. The van der Waals surface area contributed by atoms with Gasteiger partial charge in [0.1, 0.15) is 17.4 Å². The smallest absolute Gasteiger partial charge is 0.244 e. The highest BCUT2D eigenvalue weighted by Gasteiger charge is 2.35. The molecule has 3 aromatic rings. The normalized spacial score (nSPS) is 15.4. The van der Waals surface area contributed by atoms with Crippen LogP contribution in [-0.2, 0) is 5.75 Å². The molecule has 2 heterocycles. The number of hydrogen-bond donors (Lipinski definition) is 2. The number of fused-ring (bicyclic) bond motifs is 1. The lowest BCUT2D eigenvalue weighted by Crippen LogP contribution is -2.21. The van der Waals surface area contributed by atoms with E-state index in [1.54, 1.807) is 18.9 Å². The van der Waals surface area contributed by atoms with Crippen LogP contribution in [0, 0.1) is 18.3 Å². The van der Waals surface area contributed by atoms with Crippen molar-refractivity contribution < 1.29 is 9.47 Å². The monoisotopic (exact) mass is 404 g/mol. The summed E-state index contributed by atoms with van der Waals surface area (Å²) in [6.45, 7) is 2.07. The number of aromatic amines is 1. The maximum Gasteiger partial charge on any atom is 0.244 e. The Kier molecular flexibility index (Phi) is 5.19. The van der Waals surface area contributed by atoms with E-state index in [0.717, 1.165) is 27.5 Å². The summed E-state index contributed by atoms with van der Waals surface area (Å²) in [6.07, 6.45) is 0. The van der Waals surface area contributed by atoms with E-state index in [9.17, 15) is 5.26 Å². The minimum absolute atomic E-state index is 0.0880. The minimum Gasteiger partial charge on any atom is -0.497 e. The Morgan fingerprint density at radius 1 is 1.21 bits per heavy atom. The summed E-state index contributed by atoms with van der Waals surface area (Å²) in [6, 6.07) is 18.2. The average molecular weight is 404 g/mol. The van der Waals surface area contributed by atoms with Gasteiger partial charge in [0.05, 0.1) is 24.3 Å². The van der Waals surface area contributed by atoms with Gasteiger partial charge in [-0.05, 0) is 36.8 Å². The molecule has 146 valence electrons. The molecule has 6 nitrogen and oxygen atoms in total. The van der Waals surface area contributed by atoms with Gasteiger partial charge >= 0.3 is 0 Å². The van der Waals surface area contributed by atoms with Gasteiger partial charge in [0.25, 0.3) is 0 Å². The summed E-state index contributed by atoms with van der Waals surface area (Å²) in [5.41, 5.74) is 10.3. The van der Waals surface area contributed by atoms with Crippen LogP contribution in [0.3, 0.4) is 0 Å². The number of ether oxygens (including phenoxy) is 2. The van der Waals surface area contributed by atoms with E-state index in [2.05, 4.69) is 47.5 Å². The summed E-state index contributed by atoms with van der Waals surface area (Å²) in [7, 11) is 1.62. The lowest BCUT2D eigenvalue weighted by molar-refractivity contribution is 0.378. The maximum atomic E-state index is 9.75. The highest BCUT2D eigenvalue weighted by Crippen LogP contribution is 2.44. The van der Waals surface area contributed by atoms with E-state index < -0.39 is 0 Å². The Hall–Kier alpha value is -3.37. The Morgan fingerprint density at radius 2 is 1.93 bits per heavy atom. The third-order valence-electron chi connectivity index (χ3n) is 4.87. The molecule has 0 spiro atoms. The van der Waals surface area contributed by atoms with E-state index in [-0.39, 0.29) is 11.8 Å². The van der Waals surface area contributed by atoms with Crippen LogP contribution in [0.4, 0.5) is 0 Å². The van der Waals surface area contributed by atoms with Gasteiger partial charge in [-0.15, -0.1) is 16.9 Å². The molecule has 1 unspecified atom stereocenters. The quantitative estimate of drug-likeness (QED) is 0.618. The molecular weight excluding hydrogens is 384 g/mol. The van der Waals surface area contributed by atoms with Gasteiger partial charge in [-0.1, -0.05) is 29.8 Å². The lowest BCUT2D eigenvalue weighted by Gasteiger charge is -2.24. The van der Waals surface area contributed by atoms with Gasteiger partial charge in [0.15, 0.2) is 0 Å². The fraction of sp³-hybridized carbons (Fsp3) is 0.182. The number of allylic oxidation sites excluding steroid dienone is 1. The van der Waals surface area contributed by atoms with Crippen LogP contribution in [0.2, 0.25) is 0 Å². The van der Waals surface area contributed by atoms with Crippen LogP contribution in [0.5, 0.6) is 11.6 Å². The minimum atomic E-state index is -0.345. The number of nitrogens with two attached hydrogens (primary N) is 1. The summed E-state index contributed by atoms with van der Waals surface area (Å²) in [4.78, 5) is 1.16. The molecule has 1 aromatic heterocycles. The number of hydrogen-bond acceptors (Lipinski definition) is 6. The molecule has 0 amide bonds. The molecule has 2 aromatic carbocycles. The first-order valence-corrected chi connectivity index (χ1v) is 10.1. The van der Waals surface area contributed by atoms with E-state index in [4.69, 9.17) is 15.2 Å². The molecule has 7 heteroatoms. The van der Waals surface area contributed by atoms with Gasteiger partial charge in [0.2, 0.25) is 11.8 Å². The van der Waals surface area contributed by atoms with E-state index in [1.807, 2.05) is 24.3 Å². The van der Waals surface area contributed by atoms with Crippen molar-refractivity contribution in [3.05, 3.63) is 82.4 Å². The first kappa shape index (κ1) is 19.0. The van der Waals surface area contributed by atoms with Crippen LogP contribution in [0.25, 0.3) is 0 Å². The number of methoxy groups -OCH3 is 1. The summed E-state index contributed by atoms with van der Waals surface area (Å²) >= 11 is 1.70. The molecule has 3 N–H and O–H groups in total. The molecule has 0 saturated heterocycles. The molecular formula is C22H20N4O2S. The van der Waals surface area contributed by atoms with Gasteiger partial charge < -0.3 is 15.2 Å². The number of benzene rings is 2. The van der Waals surface area contributed by atoms with Crippen LogP contribution in [0.1, 0.15) is 28.3 Å². The second kappa shape index (κ2) is 7.94. The first-order valence-electron chi connectivity index (χ1n) is 9.09. The summed E-state index contributed by atoms with van der Waals surface area (Å²) in [5, 5.41) is 17.1. The van der Waals surface area contributed by atoms with Gasteiger partial charge in [-0.25, -0.2) is 0 Å². The molecule has 0 saturated carbocycles. The topological polar surface area (TPSA) is 96.9 Å². The zero-order valence-electron chi connectivity index (χ0n) is 16.1. The highest BCUT2D eigenvalue weighted by molar-refractivity contribution is 7.98. The molecule has 1 aliphatic heterocycles. The maximum absolute atomic E-state index is 9.75. The molecule has 1 aliphatic rings. The van der Waals surface area contributed by atoms with Crippen molar-refractivity contribution >= 4 is 11.8 Å². The van der Waals surface area contributed by atoms with Crippen molar-refractivity contribution in [2.24, 2.45) is 5.73 Å². The van der Waals surface area contributed by atoms with Crippen LogP contribution >= 0.6 is 11.8 Å². The lowest BCUT2D eigenvalue weighted by atomic mass is 9.84. The van der Waals surface area contributed by atoms with Crippen molar-refractivity contribution in [1.82, 2.24) is 10.2 Å². The number of rotatable bonds is 5. The van der Waals surface area contributed by atoms with Crippen LogP contribution < -0.4 is 15.2 Å². The summed E-state index contributed by atoms with van der Waals surface area (Å²) < 4.78 is 10.9. The van der Waals surface area contributed by atoms with Crippen molar-refractivity contribution in [2.75, 3.05) is 7.11 Å². The van der Waals surface area contributed by atoms with Crippen LogP contribution in [-0.4, -0.2) is 17.3 Å². The molecule has 0 aliphatic carbocycles. The number of nitrogens with zero attached hydrogens (tertiary/aromatic N) is 2. The van der Waals surface area contributed by atoms with Crippen molar-refractivity contribution in [1.29, 1.82) is 5.26 Å². The second-order valence-corrected chi connectivity index (χ2v) is 7.77. The fourth-order valence-corrected chi connectivity index (χ4v) is 4.20. The van der Waals surface area contributed by atoms with Crippen LogP contribution in [0.15, 0.2) is 64.9 Å². The van der Waals surface area contributed by atoms with Gasteiger partial charge in [0, 0.05) is 10.6 Å². The van der Waals surface area contributed by atoms with Crippen molar-refractivity contribution in [3.8, 4) is 17.7 Å². The molecule has 0 radical (unpaired) electrons. The third-order valence-corrected chi connectivity index (χ3v) is 5.91. The fourth-order valence-electron chi connectivity index (χ4n) is 3.34. The number of aromatic nitrogens is 2. The zero-order chi connectivity index (χ0) is 20.4. The van der Waals surface area contributed by atoms with E-state index >= 15 is 0 Å². The molecule has 0 fully saturated rings. The number of nitrogens with one attached hydrogen (secondary N) is 1. The molecule has 0 bridgehead atoms. The van der Waals surface area contributed by atoms with E-state index in [0.29, 0.717) is 17.2 Å². The highest BCUT2D eigenvalue weighted by atomic mass is 32.2. The Morgan fingerprint density at radius 3 is 2.59 bits per heavy atom. The number of aryl methyl sites for hydroxylation is 1. The van der Waals surface area contributed by atoms with Gasteiger partial charge in [-0.3, -0.25) is 5.10 Å². The largest absolute Gasteiger partial charge is 0.497 e. The number of nitriles is 1. The number of thioether (sulfide) groups is 1. The molecule has 4 rings (SSSR count). The number of H-pyrrole nitrogens is 1. The second-order valence-electron chi connectivity index (χ2n) is 6.72. The van der Waals surface area contributed by atoms with Crippen molar-refractivity contribution in [2.45, 2.75) is 23.5 Å². The third kappa shape index (κ3) is 3.67. The summed E-state index contributed by atoms with van der Waals surface area (Å²) in [5.74, 6) is 1.58. The Balaban J connectivity index is 1.70. The Labute approximate surface area is 173 Å². The predicted octanol–water partition coefficient (Wildman–Crippen LogP) is 4.24. The molecule has 1 atom stereocenters. The van der Waals surface area contributed by atoms with Gasteiger partial charge in [-0.2, -0.15) is 5.26 Å². The standard InChI is InChI=1S/C22H20N4O2S/c1-13-3-9-16(10-4-13)29-12-18-20-19(14-5-7-15(27-2)8-6-14)17(11-23)21(24)28-22(20)26-25-18/h3-10,19H,12,24H2,1-2H3,(H,25,26). The SMILES string of the molecule is COc1ccc(C2C(C#N)=C(N)Oc3n[nH]c(CSc4ccc(C)cc4)c32)cc1. The van der Waals surface area contributed by atoms with E-state index in [1.165, 1.54) is 5.56 Å². The zero-order valence-corrected chi connectivity index (χ0v) is 16.9. The average Bonchev–Trinajstić information content (AvgIpc) is 3.14. The first-order chi connectivity index (χ1) is 14.1. The molecule has 29 heavy (non-hydrogen) atoms.